The Labute approximate surface area is 133 Å². The van der Waals surface area contributed by atoms with Crippen molar-refractivity contribution in [2.24, 2.45) is 0 Å². The van der Waals surface area contributed by atoms with E-state index in [9.17, 15) is 4.39 Å². The molecule has 0 aliphatic carbocycles. The Morgan fingerprint density at radius 2 is 1.95 bits per heavy atom. The number of aromatic nitrogens is 1. The highest BCUT2D eigenvalue weighted by atomic mass is 127. The third-order valence-corrected chi connectivity index (χ3v) is 3.99. The summed E-state index contributed by atoms with van der Waals surface area (Å²) in [6.45, 7) is 9.41. The minimum atomic E-state index is -0.216. The lowest BCUT2D eigenvalue weighted by Gasteiger charge is -2.21. The van der Waals surface area contributed by atoms with Crippen LogP contribution in [0.2, 0.25) is 0 Å². The molecule has 0 atom stereocenters. The zero-order valence-corrected chi connectivity index (χ0v) is 14.5. The van der Waals surface area contributed by atoms with E-state index in [1.807, 2.05) is 6.07 Å². The van der Waals surface area contributed by atoms with E-state index in [1.165, 1.54) is 6.07 Å². The molecule has 108 valence electrons. The number of fused-ring (bicyclic) bond motifs is 1. The molecule has 20 heavy (non-hydrogen) atoms. The van der Waals surface area contributed by atoms with E-state index in [4.69, 9.17) is 4.98 Å². The van der Waals surface area contributed by atoms with Crippen LogP contribution in [0.15, 0.2) is 18.2 Å². The van der Waals surface area contributed by atoms with Crippen LogP contribution in [0.5, 0.6) is 0 Å². The van der Waals surface area contributed by atoms with Crippen molar-refractivity contribution in [2.75, 3.05) is 11.9 Å². The van der Waals surface area contributed by atoms with Crippen molar-refractivity contribution >= 4 is 39.2 Å². The average molecular weight is 386 g/mol. The maximum Gasteiger partial charge on any atom is 0.125 e. The number of halogens is 2. The predicted octanol–water partition coefficient (Wildman–Crippen LogP) is 5.10. The predicted molar refractivity (Wildman–Crippen MR) is 91.9 cm³/mol. The molecule has 1 heterocycles. The van der Waals surface area contributed by atoms with E-state index in [2.05, 4.69) is 55.6 Å². The first-order valence-electron chi connectivity index (χ1n) is 6.87. The lowest BCUT2D eigenvalue weighted by Crippen LogP contribution is -2.15. The third kappa shape index (κ3) is 3.22. The van der Waals surface area contributed by atoms with Crippen molar-refractivity contribution in [1.29, 1.82) is 0 Å². The number of benzene rings is 1. The molecule has 4 heteroatoms. The number of nitrogens with zero attached hydrogens (tertiary/aromatic N) is 1. The fraction of sp³-hybridized carbons (Fsp3) is 0.438. The second-order valence-corrected chi connectivity index (χ2v) is 7.18. The maximum absolute atomic E-state index is 13.7. The number of nitrogens with one attached hydrogen (secondary N) is 1. The zero-order valence-electron chi connectivity index (χ0n) is 12.3. The molecule has 1 N–H and O–H groups in total. The molecule has 2 aromatic rings. The normalized spacial score (nSPS) is 11.9. The van der Waals surface area contributed by atoms with Crippen LogP contribution in [-0.2, 0) is 5.41 Å². The molecule has 1 aromatic heterocycles. The monoisotopic (exact) mass is 386 g/mol. The van der Waals surface area contributed by atoms with Crippen LogP contribution in [0.1, 0.15) is 39.8 Å². The van der Waals surface area contributed by atoms with E-state index < -0.39 is 0 Å². The van der Waals surface area contributed by atoms with Gasteiger partial charge in [0.2, 0.25) is 0 Å². The maximum atomic E-state index is 13.7. The summed E-state index contributed by atoms with van der Waals surface area (Å²) in [5.74, 6) is -0.216. The molecular formula is C16H20FIN2. The molecule has 0 saturated heterocycles. The highest BCUT2D eigenvalue weighted by molar-refractivity contribution is 14.1. The Morgan fingerprint density at radius 3 is 2.55 bits per heavy atom. The molecule has 0 bridgehead atoms. The van der Waals surface area contributed by atoms with Gasteiger partial charge in [-0.25, -0.2) is 4.39 Å². The van der Waals surface area contributed by atoms with Crippen LogP contribution in [0.4, 0.5) is 10.1 Å². The lowest BCUT2D eigenvalue weighted by molar-refractivity contribution is 0.571. The molecule has 0 unspecified atom stereocenters. The van der Waals surface area contributed by atoms with Gasteiger partial charge in [0.15, 0.2) is 0 Å². The minimum absolute atomic E-state index is 0.0334. The summed E-state index contributed by atoms with van der Waals surface area (Å²) in [5.41, 5.74) is 2.83. The zero-order chi connectivity index (χ0) is 14.9. The lowest BCUT2D eigenvalue weighted by atomic mass is 9.90. The number of anilines is 1. The third-order valence-electron chi connectivity index (χ3n) is 3.17. The van der Waals surface area contributed by atoms with Gasteiger partial charge in [0.05, 0.1) is 5.52 Å². The van der Waals surface area contributed by atoms with Crippen molar-refractivity contribution < 1.29 is 4.39 Å². The highest BCUT2D eigenvalue weighted by Crippen LogP contribution is 2.32. The first-order chi connectivity index (χ1) is 9.32. The summed E-state index contributed by atoms with van der Waals surface area (Å²) in [4.78, 5) is 4.74. The first kappa shape index (κ1) is 15.5. The van der Waals surface area contributed by atoms with Crippen LogP contribution < -0.4 is 5.32 Å². The van der Waals surface area contributed by atoms with Crippen LogP contribution >= 0.6 is 22.6 Å². The second-order valence-electron chi connectivity index (χ2n) is 6.02. The Bertz CT molecular complexity index is 632. The number of hydrogen-bond donors (Lipinski definition) is 1. The van der Waals surface area contributed by atoms with Crippen LogP contribution in [0.3, 0.4) is 0 Å². The molecule has 0 amide bonds. The number of rotatable bonds is 3. The quantitative estimate of drug-likeness (QED) is 0.743. The van der Waals surface area contributed by atoms with E-state index in [0.29, 0.717) is 0 Å². The summed E-state index contributed by atoms with van der Waals surface area (Å²) in [7, 11) is 0. The number of hydrogen-bond acceptors (Lipinski definition) is 2. The minimum Gasteiger partial charge on any atom is -0.384 e. The first-order valence-corrected chi connectivity index (χ1v) is 7.95. The van der Waals surface area contributed by atoms with Gasteiger partial charge in [0, 0.05) is 32.3 Å². The molecule has 2 rings (SSSR count). The molecule has 0 aliphatic rings. The van der Waals surface area contributed by atoms with Gasteiger partial charge in [-0.15, -0.1) is 0 Å². The smallest absolute Gasteiger partial charge is 0.125 e. The summed E-state index contributed by atoms with van der Waals surface area (Å²) >= 11 is 2.15. The Balaban J connectivity index is 2.71. The SMILES string of the molecule is CCCNc1cc(C(C)(C)C)nc2c(I)cc(F)cc12. The van der Waals surface area contributed by atoms with Gasteiger partial charge >= 0.3 is 0 Å². The fourth-order valence-corrected chi connectivity index (χ4v) is 2.75. The summed E-state index contributed by atoms with van der Waals surface area (Å²) in [6.07, 6.45) is 1.03. The van der Waals surface area contributed by atoms with Gasteiger partial charge in [0.25, 0.3) is 0 Å². The van der Waals surface area contributed by atoms with Crippen molar-refractivity contribution in [3.63, 3.8) is 0 Å². The van der Waals surface area contributed by atoms with Crippen molar-refractivity contribution in [3.8, 4) is 0 Å². The van der Waals surface area contributed by atoms with E-state index in [1.54, 1.807) is 6.07 Å². The van der Waals surface area contributed by atoms with Gasteiger partial charge in [0.1, 0.15) is 5.82 Å². The summed E-state index contributed by atoms with van der Waals surface area (Å²) in [5, 5.41) is 4.25. The topological polar surface area (TPSA) is 24.9 Å². The molecule has 0 saturated carbocycles. The second kappa shape index (κ2) is 5.84. The Kier molecular flexibility index (Phi) is 4.52. The van der Waals surface area contributed by atoms with Crippen LogP contribution in [-0.4, -0.2) is 11.5 Å². The largest absolute Gasteiger partial charge is 0.384 e. The van der Waals surface area contributed by atoms with Crippen LogP contribution in [0, 0.1) is 9.39 Å². The average Bonchev–Trinajstić information content (AvgIpc) is 2.34. The van der Waals surface area contributed by atoms with Crippen molar-refractivity contribution in [3.05, 3.63) is 33.3 Å². The van der Waals surface area contributed by atoms with Gasteiger partial charge in [-0.2, -0.15) is 0 Å². The molecule has 0 aliphatic heterocycles. The van der Waals surface area contributed by atoms with Gasteiger partial charge in [-0.1, -0.05) is 27.7 Å². The van der Waals surface area contributed by atoms with E-state index >= 15 is 0 Å². The molecule has 0 spiro atoms. The number of pyridine rings is 1. The van der Waals surface area contributed by atoms with Crippen molar-refractivity contribution in [1.82, 2.24) is 4.98 Å². The van der Waals surface area contributed by atoms with Crippen molar-refractivity contribution in [2.45, 2.75) is 39.5 Å². The molecule has 0 radical (unpaired) electrons. The fourth-order valence-electron chi connectivity index (χ4n) is 2.04. The van der Waals surface area contributed by atoms with Gasteiger partial charge in [-0.05, 0) is 47.2 Å². The van der Waals surface area contributed by atoms with Gasteiger partial charge < -0.3 is 5.32 Å². The summed E-state index contributed by atoms with van der Waals surface area (Å²) in [6, 6.07) is 5.15. The van der Waals surface area contributed by atoms with Crippen LogP contribution in [0.25, 0.3) is 10.9 Å². The Morgan fingerprint density at radius 1 is 1.25 bits per heavy atom. The van der Waals surface area contributed by atoms with E-state index in [0.717, 1.165) is 38.8 Å². The molecular weight excluding hydrogens is 366 g/mol. The molecule has 2 nitrogen and oxygen atoms in total. The standard InChI is InChI=1S/C16H20FIN2/c1-5-6-19-13-9-14(16(2,3)4)20-15-11(13)7-10(17)8-12(15)18/h7-9H,5-6H2,1-4H3,(H,19,20). The summed E-state index contributed by atoms with van der Waals surface area (Å²) < 4.78 is 14.5. The van der Waals surface area contributed by atoms with E-state index in [-0.39, 0.29) is 11.2 Å². The molecule has 1 aromatic carbocycles. The Hall–Kier alpha value is -0.910. The molecule has 0 fully saturated rings. The van der Waals surface area contributed by atoms with Gasteiger partial charge in [-0.3, -0.25) is 4.98 Å². The highest BCUT2D eigenvalue weighted by Gasteiger charge is 2.19.